The maximum absolute atomic E-state index is 13.3. The Balaban J connectivity index is 1.57. The standard InChI is InChI=1S/C25H26F2N2O/c26-21-12-8-19(9-13-21)17-28-16-4-7-24(28)18-29(23-5-2-1-3-6-23)25(30)20-10-14-22(27)15-11-20/h4,7-16,23H,1-3,5-6,17-18H2. The maximum atomic E-state index is 13.3. The van der Waals surface area contributed by atoms with Gasteiger partial charge in [-0.2, -0.15) is 0 Å². The average molecular weight is 408 g/mol. The monoisotopic (exact) mass is 408 g/mol. The van der Waals surface area contributed by atoms with Crippen molar-refractivity contribution < 1.29 is 13.6 Å². The number of rotatable bonds is 6. The highest BCUT2D eigenvalue weighted by molar-refractivity contribution is 5.94. The minimum absolute atomic E-state index is 0.0589. The van der Waals surface area contributed by atoms with Gasteiger partial charge in [0.1, 0.15) is 11.6 Å². The van der Waals surface area contributed by atoms with Crippen LogP contribution in [0.2, 0.25) is 0 Å². The molecule has 0 aliphatic heterocycles. The molecule has 0 atom stereocenters. The minimum Gasteiger partial charge on any atom is -0.345 e. The molecule has 0 N–H and O–H groups in total. The third-order valence-corrected chi connectivity index (χ3v) is 5.89. The predicted octanol–water partition coefficient (Wildman–Crippen LogP) is 5.79. The molecule has 1 amide bonds. The first-order chi connectivity index (χ1) is 14.6. The SMILES string of the molecule is O=C(c1ccc(F)cc1)N(Cc1cccn1Cc1ccc(F)cc1)C1CCCCC1. The lowest BCUT2D eigenvalue weighted by atomic mass is 9.93. The Morgan fingerprint density at radius 2 is 1.53 bits per heavy atom. The van der Waals surface area contributed by atoms with Gasteiger partial charge in [-0.3, -0.25) is 4.79 Å². The van der Waals surface area contributed by atoms with Crippen LogP contribution < -0.4 is 0 Å². The van der Waals surface area contributed by atoms with Gasteiger partial charge in [0.2, 0.25) is 0 Å². The van der Waals surface area contributed by atoms with E-state index in [1.54, 1.807) is 24.3 Å². The molecule has 0 radical (unpaired) electrons. The maximum Gasteiger partial charge on any atom is 0.254 e. The Labute approximate surface area is 175 Å². The van der Waals surface area contributed by atoms with Crippen molar-refractivity contribution in [3.63, 3.8) is 0 Å². The first-order valence-corrected chi connectivity index (χ1v) is 10.5. The Hall–Kier alpha value is -2.95. The zero-order valence-corrected chi connectivity index (χ0v) is 16.9. The van der Waals surface area contributed by atoms with Crippen molar-refractivity contribution in [1.29, 1.82) is 0 Å². The number of amides is 1. The molecule has 1 heterocycles. The van der Waals surface area contributed by atoms with Crippen molar-refractivity contribution in [2.24, 2.45) is 0 Å². The third-order valence-electron chi connectivity index (χ3n) is 5.89. The summed E-state index contributed by atoms with van der Waals surface area (Å²) in [6.07, 6.45) is 7.41. The van der Waals surface area contributed by atoms with Gasteiger partial charge in [-0.25, -0.2) is 8.78 Å². The van der Waals surface area contributed by atoms with Crippen LogP contribution in [0.5, 0.6) is 0 Å². The summed E-state index contributed by atoms with van der Waals surface area (Å²) in [6.45, 7) is 1.11. The molecule has 2 aromatic carbocycles. The molecule has 1 aliphatic carbocycles. The van der Waals surface area contributed by atoms with E-state index in [-0.39, 0.29) is 23.6 Å². The van der Waals surface area contributed by atoms with Crippen molar-refractivity contribution in [2.45, 2.75) is 51.2 Å². The molecule has 0 saturated heterocycles. The first kappa shape index (κ1) is 20.3. The van der Waals surface area contributed by atoms with E-state index in [0.717, 1.165) is 36.9 Å². The van der Waals surface area contributed by atoms with Crippen molar-refractivity contribution >= 4 is 5.91 Å². The van der Waals surface area contributed by atoms with E-state index in [9.17, 15) is 13.6 Å². The molecule has 0 bridgehead atoms. The van der Waals surface area contributed by atoms with Gasteiger partial charge >= 0.3 is 0 Å². The van der Waals surface area contributed by atoms with E-state index in [1.807, 2.05) is 23.2 Å². The van der Waals surface area contributed by atoms with E-state index >= 15 is 0 Å². The van der Waals surface area contributed by atoms with E-state index in [0.29, 0.717) is 18.7 Å². The van der Waals surface area contributed by atoms with Gasteiger partial charge in [-0.1, -0.05) is 31.4 Å². The quantitative estimate of drug-likeness (QED) is 0.507. The van der Waals surface area contributed by atoms with E-state index in [1.165, 1.54) is 30.7 Å². The van der Waals surface area contributed by atoms with Crippen LogP contribution >= 0.6 is 0 Å². The summed E-state index contributed by atoms with van der Waals surface area (Å²) in [5.41, 5.74) is 2.54. The van der Waals surface area contributed by atoms with Crippen molar-refractivity contribution in [1.82, 2.24) is 9.47 Å². The summed E-state index contributed by atoms with van der Waals surface area (Å²) in [6, 6.07) is 16.5. The number of carbonyl (C=O) groups is 1. The average Bonchev–Trinajstić information content (AvgIpc) is 3.21. The molecule has 3 nitrogen and oxygen atoms in total. The van der Waals surface area contributed by atoms with Crippen LogP contribution in [0.3, 0.4) is 0 Å². The minimum atomic E-state index is -0.344. The van der Waals surface area contributed by atoms with E-state index in [4.69, 9.17) is 0 Å². The van der Waals surface area contributed by atoms with Crippen LogP contribution in [0.15, 0.2) is 66.9 Å². The van der Waals surface area contributed by atoms with Crippen LogP contribution in [-0.2, 0) is 13.1 Å². The fourth-order valence-electron chi connectivity index (χ4n) is 4.23. The van der Waals surface area contributed by atoms with Gasteiger partial charge in [-0.15, -0.1) is 0 Å². The van der Waals surface area contributed by atoms with Crippen molar-refractivity contribution in [2.75, 3.05) is 0 Å². The molecular formula is C25H26F2N2O. The summed E-state index contributed by atoms with van der Waals surface area (Å²) < 4.78 is 28.7. The lowest BCUT2D eigenvalue weighted by molar-refractivity contribution is 0.0608. The van der Waals surface area contributed by atoms with Gasteiger partial charge < -0.3 is 9.47 Å². The molecule has 0 spiro atoms. The molecule has 1 aromatic heterocycles. The number of carbonyl (C=O) groups excluding carboxylic acids is 1. The molecule has 30 heavy (non-hydrogen) atoms. The molecule has 1 fully saturated rings. The lowest BCUT2D eigenvalue weighted by Gasteiger charge is -2.35. The Morgan fingerprint density at radius 3 is 2.20 bits per heavy atom. The highest BCUT2D eigenvalue weighted by atomic mass is 19.1. The zero-order chi connectivity index (χ0) is 20.9. The topological polar surface area (TPSA) is 25.2 Å². The smallest absolute Gasteiger partial charge is 0.254 e. The number of hydrogen-bond acceptors (Lipinski definition) is 1. The van der Waals surface area contributed by atoms with E-state index < -0.39 is 0 Å². The van der Waals surface area contributed by atoms with Crippen LogP contribution in [0, 0.1) is 11.6 Å². The molecule has 5 heteroatoms. The Kier molecular flexibility index (Phi) is 6.26. The summed E-state index contributed by atoms with van der Waals surface area (Å²) in [5.74, 6) is -0.653. The van der Waals surface area contributed by atoms with E-state index in [2.05, 4.69) is 4.57 Å². The van der Waals surface area contributed by atoms with Gasteiger partial charge in [0.05, 0.1) is 6.54 Å². The van der Waals surface area contributed by atoms with Crippen LogP contribution in [-0.4, -0.2) is 21.4 Å². The number of hydrogen-bond donors (Lipinski definition) is 0. The largest absolute Gasteiger partial charge is 0.345 e. The summed E-state index contributed by atoms with van der Waals surface area (Å²) in [5, 5.41) is 0. The Bertz CT molecular complexity index is 973. The zero-order valence-electron chi connectivity index (χ0n) is 16.9. The van der Waals surface area contributed by atoms with Crippen LogP contribution in [0.1, 0.15) is 53.7 Å². The lowest BCUT2D eigenvalue weighted by Crippen LogP contribution is -2.41. The molecular weight excluding hydrogens is 382 g/mol. The first-order valence-electron chi connectivity index (χ1n) is 10.5. The Morgan fingerprint density at radius 1 is 0.900 bits per heavy atom. The normalized spacial score (nSPS) is 14.6. The van der Waals surface area contributed by atoms with Gasteiger partial charge in [0.15, 0.2) is 0 Å². The van der Waals surface area contributed by atoms with Crippen molar-refractivity contribution in [3.8, 4) is 0 Å². The number of halogens is 2. The number of aromatic nitrogens is 1. The molecule has 1 saturated carbocycles. The van der Waals surface area contributed by atoms with Crippen LogP contribution in [0.4, 0.5) is 8.78 Å². The van der Waals surface area contributed by atoms with Crippen molar-refractivity contribution in [3.05, 3.63) is 95.3 Å². The third kappa shape index (κ3) is 4.78. The fourth-order valence-corrected chi connectivity index (χ4v) is 4.23. The van der Waals surface area contributed by atoms with Gasteiger partial charge in [0.25, 0.3) is 5.91 Å². The summed E-state index contributed by atoms with van der Waals surface area (Å²) >= 11 is 0. The van der Waals surface area contributed by atoms with Gasteiger partial charge in [-0.05, 0) is 66.9 Å². The van der Waals surface area contributed by atoms with Gasteiger partial charge in [0, 0.05) is 30.0 Å². The second-order valence-corrected chi connectivity index (χ2v) is 7.99. The number of nitrogens with zero attached hydrogens (tertiary/aromatic N) is 2. The summed E-state index contributed by atoms with van der Waals surface area (Å²) in [4.78, 5) is 15.3. The molecule has 1 aliphatic rings. The second-order valence-electron chi connectivity index (χ2n) is 7.99. The number of benzene rings is 2. The molecule has 4 rings (SSSR count). The molecule has 156 valence electrons. The molecule has 3 aromatic rings. The second kappa shape index (κ2) is 9.24. The molecule has 0 unspecified atom stereocenters. The predicted molar refractivity (Wildman–Crippen MR) is 113 cm³/mol. The highest BCUT2D eigenvalue weighted by Crippen LogP contribution is 2.26. The van der Waals surface area contributed by atoms with Crippen LogP contribution in [0.25, 0.3) is 0 Å². The fraction of sp³-hybridized carbons (Fsp3) is 0.320. The highest BCUT2D eigenvalue weighted by Gasteiger charge is 2.27. The summed E-state index contributed by atoms with van der Waals surface area (Å²) in [7, 11) is 0.